The molecule has 1 aromatic carbocycles. The highest BCUT2D eigenvalue weighted by molar-refractivity contribution is 5.83. The van der Waals surface area contributed by atoms with E-state index in [4.69, 9.17) is 5.73 Å². The standard InChI is InChI=1S/C15H17N5/c1-2-12(15-17-7-8-18-15)19-14-6-3-10-9-11(16)4-5-13(10)20-14/h3-9,12H,2,16H2,1H3,(H,17,18)(H,19,20). The molecule has 3 aromatic rings. The number of nitrogens with two attached hydrogens (primary N) is 1. The van der Waals surface area contributed by atoms with Gasteiger partial charge in [-0.05, 0) is 36.8 Å². The van der Waals surface area contributed by atoms with E-state index in [1.54, 1.807) is 6.20 Å². The van der Waals surface area contributed by atoms with Crippen LogP contribution in [0.5, 0.6) is 0 Å². The topological polar surface area (TPSA) is 79.6 Å². The molecule has 0 fully saturated rings. The Labute approximate surface area is 117 Å². The highest BCUT2D eigenvalue weighted by atomic mass is 15.1. The smallest absolute Gasteiger partial charge is 0.128 e. The lowest BCUT2D eigenvalue weighted by molar-refractivity contribution is 0.701. The van der Waals surface area contributed by atoms with Gasteiger partial charge in [-0.25, -0.2) is 9.97 Å². The fourth-order valence-electron chi connectivity index (χ4n) is 2.23. The molecule has 5 heteroatoms. The molecule has 0 spiro atoms. The summed E-state index contributed by atoms with van der Waals surface area (Å²) in [6, 6.07) is 9.84. The summed E-state index contributed by atoms with van der Waals surface area (Å²) >= 11 is 0. The van der Waals surface area contributed by atoms with Crippen LogP contribution in [0, 0.1) is 0 Å². The number of imidazole rings is 1. The lowest BCUT2D eigenvalue weighted by Gasteiger charge is -2.15. The van der Waals surface area contributed by atoms with E-state index < -0.39 is 0 Å². The molecule has 3 rings (SSSR count). The minimum Gasteiger partial charge on any atom is -0.399 e. The molecule has 102 valence electrons. The van der Waals surface area contributed by atoms with Crippen LogP contribution in [-0.2, 0) is 0 Å². The number of nitrogens with zero attached hydrogens (tertiary/aromatic N) is 2. The Kier molecular flexibility index (Phi) is 3.25. The summed E-state index contributed by atoms with van der Waals surface area (Å²) in [6.07, 6.45) is 4.52. The van der Waals surface area contributed by atoms with E-state index in [0.717, 1.165) is 34.7 Å². The van der Waals surface area contributed by atoms with Crippen LogP contribution in [0.1, 0.15) is 25.2 Å². The van der Waals surface area contributed by atoms with Gasteiger partial charge in [0.2, 0.25) is 0 Å². The Balaban J connectivity index is 1.88. The van der Waals surface area contributed by atoms with Gasteiger partial charge in [0, 0.05) is 23.5 Å². The van der Waals surface area contributed by atoms with E-state index in [0.29, 0.717) is 0 Å². The number of aromatic amines is 1. The van der Waals surface area contributed by atoms with E-state index in [9.17, 15) is 0 Å². The van der Waals surface area contributed by atoms with Crippen LogP contribution in [0.3, 0.4) is 0 Å². The summed E-state index contributed by atoms with van der Waals surface area (Å²) in [4.78, 5) is 12.0. The summed E-state index contributed by atoms with van der Waals surface area (Å²) in [7, 11) is 0. The highest BCUT2D eigenvalue weighted by Crippen LogP contribution is 2.22. The van der Waals surface area contributed by atoms with Crippen LogP contribution in [-0.4, -0.2) is 15.0 Å². The maximum absolute atomic E-state index is 5.77. The molecule has 0 saturated carbocycles. The zero-order valence-electron chi connectivity index (χ0n) is 11.3. The van der Waals surface area contributed by atoms with Crippen LogP contribution in [0.25, 0.3) is 10.9 Å². The molecule has 0 saturated heterocycles. The summed E-state index contributed by atoms with van der Waals surface area (Å²) < 4.78 is 0. The van der Waals surface area contributed by atoms with Gasteiger partial charge in [-0.1, -0.05) is 6.92 Å². The highest BCUT2D eigenvalue weighted by Gasteiger charge is 2.12. The van der Waals surface area contributed by atoms with E-state index >= 15 is 0 Å². The summed E-state index contributed by atoms with van der Waals surface area (Å²) in [5.41, 5.74) is 7.45. The van der Waals surface area contributed by atoms with Crippen LogP contribution in [0.2, 0.25) is 0 Å². The van der Waals surface area contributed by atoms with Crippen molar-refractivity contribution in [2.75, 3.05) is 11.1 Å². The number of aromatic nitrogens is 3. The molecule has 0 radical (unpaired) electrons. The second-order valence-electron chi connectivity index (χ2n) is 4.73. The normalized spacial score (nSPS) is 12.4. The second kappa shape index (κ2) is 5.21. The number of hydrogen-bond acceptors (Lipinski definition) is 4. The van der Waals surface area contributed by atoms with Gasteiger partial charge in [-0.15, -0.1) is 0 Å². The Morgan fingerprint density at radius 3 is 2.95 bits per heavy atom. The lowest BCUT2D eigenvalue weighted by atomic mass is 10.2. The Hall–Kier alpha value is -2.56. The number of pyridine rings is 1. The zero-order valence-corrected chi connectivity index (χ0v) is 11.3. The van der Waals surface area contributed by atoms with Crippen LogP contribution < -0.4 is 11.1 Å². The number of rotatable bonds is 4. The summed E-state index contributed by atoms with van der Waals surface area (Å²) in [5, 5.41) is 4.44. The van der Waals surface area contributed by atoms with Crippen molar-refractivity contribution in [1.82, 2.24) is 15.0 Å². The molecule has 4 N–H and O–H groups in total. The summed E-state index contributed by atoms with van der Waals surface area (Å²) in [6.45, 7) is 2.11. The van der Waals surface area contributed by atoms with Crippen molar-refractivity contribution >= 4 is 22.4 Å². The molecule has 20 heavy (non-hydrogen) atoms. The minimum absolute atomic E-state index is 0.128. The number of nitrogen functional groups attached to an aromatic ring is 1. The van der Waals surface area contributed by atoms with Crippen molar-refractivity contribution in [2.45, 2.75) is 19.4 Å². The molecular formula is C15H17N5. The molecule has 5 nitrogen and oxygen atoms in total. The summed E-state index contributed by atoms with van der Waals surface area (Å²) in [5.74, 6) is 1.76. The molecule has 2 heterocycles. The molecule has 2 aromatic heterocycles. The third kappa shape index (κ3) is 2.42. The Morgan fingerprint density at radius 1 is 1.30 bits per heavy atom. The maximum Gasteiger partial charge on any atom is 0.128 e. The van der Waals surface area contributed by atoms with Crippen LogP contribution in [0.15, 0.2) is 42.7 Å². The number of hydrogen-bond donors (Lipinski definition) is 3. The lowest BCUT2D eigenvalue weighted by Crippen LogP contribution is -2.12. The number of benzene rings is 1. The van der Waals surface area contributed by atoms with Gasteiger partial charge in [-0.3, -0.25) is 0 Å². The van der Waals surface area contributed by atoms with E-state index in [1.165, 1.54) is 0 Å². The Morgan fingerprint density at radius 2 is 2.20 bits per heavy atom. The third-order valence-electron chi connectivity index (χ3n) is 3.29. The first-order valence-electron chi connectivity index (χ1n) is 6.68. The van der Waals surface area contributed by atoms with Crippen molar-refractivity contribution in [1.29, 1.82) is 0 Å². The van der Waals surface area contributed by atoms with Crippen molar-refractivity contribution in [2.24, 2.45) is 0 Å². The first-order chi connectivity index (χ1) is 9.76. The van der Waals surface area contributed by atoms with Crippen molar-refractivity contribution < 1.29 is 0 Å². The van der Waals surface area contributed by atoms with E-state index in [2.05, 4.69) is 27.2 Å². The molecule has 1 unspecified atom stereocenters. The fourth-order valence-corrected chi connectivity index (χ4v) is 2.23. The first-order valence-corrected chi connectivity index (χ1v) is 6.68. The van der Waals surface area contributed by atoms with Gasteiger partial charge < -0.3 is 16.0 Å². The first kappa shape index (κ1) is 12.5. The Bertz CT molecular complexity index is 705. The molecule has 0 aliphatic carbocycles. The SMILES string of the molecule is CCC(Nc1ccc2cc(N)ccc2n1)c1ncc[nH]1. The van der Waals surface area contributed by atoms with Gasteiger partial charge in [0.05, 0.1) is 11.6 Å². The fraction of sp³-hybridized carbons (Fsp3) is 0.200. The number of H-pyrrole nitrogens is 1. The van der Waals surface area contributed by atoms with Gasteiger partial charge in [0.1, 0.15) is 11.6 Å². The molecule has 0 aliphatic heterocycles. The number of fused-ring (bicyclic) bond motifs is 1. The zero-order chi connectivity index (χ0) is 13.9. The van der Waals surface area contributed by atoms with Crippen molar-refractivity contribution in [3.8, 4) is 0 Å². The second-order valence-corrected chi connectivity index (χ2v) is 4.73. The van der Waals surface area contributed by atoms with Gasteiger partial charge >= 0.3 is 0 Å². The van der Waals surface area contributed by atoms with Gasteiger partial charge in [0.15, 0.2) is 0 Å². The van der Waals surface area contributed by atoms with Gasteiger partial charge in [-0.2, -0.15) is 0 Å². The largest absolute Gasteiger partial charge is 0.399 e. The maximum atomic E-state index is 5.77. The van der Waals surface area contributed by atoms with Crippen molar-refractivity contribution in [3.63, 3.8) is 0 Å². The van der Waals surface area contributed by atoms with E-state index in [-0.39, 0.29) is 6.04 Å². The minimum atomic E-state index is 0.128. The average molecular weight is 267 g/mol. The predicted molar refractivity (Wildman–Crippen MR) is 81.4 cm³/mol. The number of anilines is 2. The molecule has 0 amide bonds. The van der Waals surface area contributed by atoms with Crippen LogP contribution in [0.4, 0.5) is 11.5 Å². The molecule has 0 aliphatic rings. The van der Waals surface area contributed by atoms with Gasteiger partial charge in [0.25, 0.3) is 0 Å². The predicted octanol–water partition coefficient (Wildman–Crippen LogP) is 3.10. The molecular weight excluding hydrogens is 250 g/mol. The van der Waals surface area contributed by atoms with Crippen LogP contribution >= 0.6 is 0 Å². The average Bonchev–Trinajstić information content (AvgIpc) is 2.99. The van der Waals surface area contributed by atoms with E-state index in [1.807, 2.05) is 36.5 Å². The molecule has 0 bridgehead atoms. The quantitative estimate of drug-likeness (QED) is 0.634. The third-order valence-corrected chi connectivity index (χ3v) is 3.29. The number of nitrogens with one attached hydrogen (secondary N) is 2. The van der Waals surface area contributed by atoms with Crippen molar-refractivity contribution in [3.05, 3.63) is 48.5 Å². The molecule has 1 atom stereocenters. The monoisotopic (exact) mass is 267 g/mol.